The van der Waals surface area contributed by atoms with Crippen LogP contribution < -0.4 is 20.7 Å². The van der Waals surface area contributed by atoms with E-state index in [4.69, 9.17) is 14.0 Å². The van der Waals surface area contributed by atoms with E-state index < -0.39 is 36.6 Å². The predicted molar refractivity (Wildman–Crippen MR) is 224 cm³/mol. The van der Waals surface area contributed by atoms with E-state index in [1.165, 1.54) is 4.90 Å². The Bertz CT molecular complexity index is 2470. The van der Waals surface area contributed by atoms with Crippen molar-refractivity contribution < 1.29 is 42.8 Å². The van der Waals surface area contributed by atoms with Crippen molar-refractivity contribution in [2.75, 3.05) is 29.3 Å². The van der Waals surface area contributed by atoms with Crippen LogP contribution in [-0.2, 0) is 35.9 Å². The summed E-state index contributed by atoms with van der Waals surface area (Å²) in [5.74, 6) is -0.516. The zero-order valence-corrected chi connectivity index (χ0v) is 34.5. The van der Waals surface area contributed by atoms with Crippen LogP contribution in [0.4, 0.5) is 22.0 Å². The zero-order valence-electron chi connectivity index (χ0n) is 34.5. The Balaban J connectivity index is 0.861. The van der Waals surface area contributed by atoms with Crippen LogP contribution in [0.25, 0.3) is 16.7 Å². The van der Waals surface area contributed by atoms with Crippen molar-refractivity contribution in [1.29, 1.82) is 0 Å². The van der Waals surface area contributed by atoms with E-state index in [0.717, 1.165) is 21.6 Å². The number of imide groups is 1. The molecule has 2 aromatic heterocycles. The minimum Gasteiger partial charge on any atom is -0.494 e. The van der Waals surface area contributed by atoms with Gasteiger partial charge in [0.25, 0.3) is 11.8 Å². The SMILES string of the molecule is CCCC(=O)OCN1C(=O)CCC(N2Cc3c(NC(=O)CCCCOc4ccc5c(c4)ncn5-c4ccc(NC(=O)Nc5cc(C(C)(C)C)on5)cc4)cccc3C2=O)C1=O. The van der Waals surface area contributed by atoms with Gasteiger partial charge in [0.2, 0.25) is 11.8 Å². The van der Waals surface area contributed by atoms with Gasteiger partial charge in [-0.2, -0.15) is 0 Å². The first-order chi connectivity index (χ1) is 29.3. The normalized spacial score (nSPS) is 15.2. The molecule has 6 amide bonds. The molecule has 3 N–H and O–H groups in total. The molecule has 7 rings (SSSR count). The third-order valence-electron chi connectivity index (χ3n) is 10.4. The first-order valence-electron chi connectivity index (χ1n) is 20.3. The highest BCUT2D eigenvalue weighted by molar-refractivity contribution is 6.07. The average Bonchev–Trinajstić information content (AvgIpc) is 3.96. The molecule has 17 heteroatoms. The number of urea groups is 1. The second-order valence-electron chi connectivity index (χ2n) is 15.9. The fraction of sp³-hybridized carbons (Fsp3) is 0.364. The second-order valence-corrected chi connectivity index (χ2v) is 15.9. The summed E-state index contributed by atoms with van der Waals surface area (Å²) < 4.78 is 18.4. The maximum absolute atomic E-state index is 13.5. The van der Waals surface area contributed by atoms with Crippen molar-refractivity contribution in [1.82, 2.24) is 24.5 Å². The summed E-state index contributed by atoms with van der Waals surface area (Å²) in [5, 5.41) is 12.3. The number of rotatable bonds is 15. The molecule has 17 nitrogen and oxygen atoms in total. The van der Waals surface area contributed by atoms with Gasteiger partial charge in [-0.25, -0.2) is 14.7 Å². The largest absolute Gasteiger partial charge is 0.494 e. The van der Waals surface area contributed by atoms with Gasteiger partial charge in [0.05, 0.1) is 17.6 Å². The number of nitrogens with zero attached hydrogens (tertiary/aromatic N) is 5. The second kappa shape index (κ2) is 18.1. The van der Waals surface area contributed by atoms with Crippen LogP contribution in [0.15, 0.2) is 77.6 Å². The Morgan fingerprint density at radius 3 is 2.49 bits per heavy atom. The lowest BCUT2D eigenvalue weighted by Crippen LogP contribution is -2.55. The summed E-state index contributed by atoms with van der Waals surface area (Å²) >= 11 is 0. The number of piperidine rings is 1. The van der Waals surface area contributed by atoms with Gasteiger partial charge in [0.15, 0.2) is 12.5 Å². The highest BCUT2D eigenvalue weighted by atomic mass is 16.5. The number of aromatic nitrogens is 3. The number of likely N-dealkylation sites (tertiary alicyclic amines) is 1. The van der Waals surface area contributed by atoms with E-state index in [-0.39, 0.29) is 49.5 Å². The Morgan fingerprint density at radius 2 is 1.74 bits per heavy atom. The van der Waals surface area contributed by atoms with Crippen LogP contribution in [0.1, 0.15) is 94.3 Å². The van der Waals surface area contributed by atoms with Crippen LogP contribution >= 0.6 is 0 Å². The number of imidazole rings is 1. The highest BCUT2D eigenvalue weighted by Gasteiger charge is 2.43. The maximum atomic E-state index is 13.5. The molecular formula is C44H48N8O9. The molecule has 2 aliphatic rings. The molecule has 3 aromatic carbocycles. The van der Waals surface area contributed by atoms with Crippen molar-refractivity contribution in [3.05, 3.63) is 89.9 Å². The number of unbranched alkanes of at least 4 members (excludes halogenated alkanes) is 1. The Hall–Kier alpha value is -7.04. The molecule has 0 saturated carbocycles. The first-order valence-corrected chi connectivity index (χ1v) is 20.3. The smallest absolute Gasteiger partial charge is 0.324 e. The Kier molecular flexibility index (Phi) is 12.5. The molecule has 0 bridgehead atoms. The number of carbonyl (C=O) groups is 6. The molecule has 1 unspecified atom stereocenters. The highest BCUT2D eigenvalue weighted by Crippen LogP contribution is 2.34. The number of hydrogen-bond acceptors (Lipinski definition) is 11. The van der Waals surface area contributed by atoms with Crippen molar-refractivity contribution in [3.8, 4) is 11.4 Å². The number of ether oxygens (including phenoxy) is 2. The zero-order chi connectivity index (χ0) is 43.3. The monoisotopic (exact) mass is 832 g/mol. The minimum atomic E-state index is -0.902. The third kappa shape index (κ3) is 9.72. The molecule has 1 fully saturated rings. The molecule has 0 radical (unpaired) electrons. The molecule has 5 aromatic rings. The molecule has 0 spiro atoms. The Morgan fingerprint density at radius 1 is 0.934 bits per heavy atom. The predicted octanol–water partition coefficient (Wildman–Crippen LogP) is 6.92. The van der Waals surface area contributed by atoms with Gasteiger partial charge in [-0.1, -0.05) is 38.9 Å². The maximum Gasteiger partial charge on any atom is 0.324 e. The number of fused-ring (bicyclic) bond motifs is 2. The molecule has 1 saturated heterocycles. The standard InChI is InChI=1S/C44H48N8O9/c1-5-9-40(55)60-26-52-39(54)20-19-35(42(52)57)50-24-31-30(41(50)56)10-8-11-32(31)47-38(53)12-6-7-21-59-29-17-18-34-33(22-29)45-25-51(34)28-15-13-27(14-16-28)46-43(58)48-37-23-36(61-49-37)44(2,3)4/h8,10-11,13-18,22-23,25,35H,5-7,9,12,19-21,24,26H2,1-4H3,(H,47,53)(H2,46,48,49,58). The first kappa shape index (κ1) is 42.1. The van der Waals surface area contributed by atoms with E-state index in [0.29, 0.717) is 65.7 Å². The van der Waals surface area contributed by atoms with E-state index >= 15 is 0 Å². The fourth-order valence-electron chi connectivity index (χ4n) is 7.13. The molecule has 318 valence electrons. The van der Waals surface area contributed by atoms with Crippen LogP contribution in [0.2, 0.25) is 0 Å². The van der Waals surface area contributed by atoms with Crippen LogP contribution in [0.5, 0.6) is 5.75 Å². The third-order valence-corrected chi connectivity index (χ3v) is 10.4. The van der Waals surface area contributed by atoms with E-state index in [1.54, 1.807) is 42.7 Å². The van der Waals surface area contributed by atoms with Gasteiger partial charge in [-0.3, -0.25) is 33.9 Å². The lowest BCUT2D eigenvalue weighted by molar-refractivity contribution is -0.164. The van der Waals surface area contributed by atoms with Gasteiger partial charge in [0, 0.05) is 71.5 Å². The van der Waals surface area contributed by atoms with Crippen molar-refractivity contribution >= 4 is 63.9 Å². The summed E-state index contributed by atoms with van der Waals surface area (Å²) in [7, 11) is 0. The van der Waals surface area contributed by atoms with Gasteiger partial charge in [0.1, 0.15) is 23.9 Å². The molecular weight excluding hydrogens is 785 g/mol. The number of anilines is 3. The van der Waals surface area contributed by atoms with E-state index in [9.17, 15) is 28.8 Å². The topological polar surface area (TPSA) is 207 Å². The van der Waals surface area contributed by atoms with E-state index in [2.05, 4.69) is 26.1 Å². The average molecular weight is 833 g/mol. The van der Waals surface area contributed by atoms with Gasteiger partial charge < -0.3 is 29.5 Å². The van der Waals surface area contributed by atoms with Crippen molar-refractivity contribution in [2.24, 2.45) is 0 Å². The number of benzene rings is 3. The summed E-state index contributed by atoms with van der Waals surface area (Å²) in [5.41, 5.74) is 4.28. The van der Waals surface area contributed by atoms with Gasteiger partial charge in [-0.15, -0.1) is 0 Å². The number of esters is 1. The van der Waals surface area contributed by atoms with Gasteiger partial charge >= 0.3 is 12.0 Å². The summed E-state index contributed by atoms with van der Waals surface area (Å²) in [6.45, 7) is 7.78. The van der Waals surface area contributed by atoms with Crippen molar-refractivity contribution in [3.63, 3.8) is 0 Å². The Labute approximate surface area is 351 Å². The quantitative estimate of drug-likeness (QED) is 0.0561. The molecule has 61 heavy (non-hydrogen) atoms. The summed E-state index contributed by atoms with van der Waals surface area (Å²) in [6, 6.07) is 18.4. The van der Waals surface area contributed by atoms with Crippen LogP contribution in [0, 0.1) is 0 Å². The summed E-state index contributed by atoms with van der Waals surface area (Å²) in [4.78, 5) is 83.6. The van der Waals surface area contributed by atoms with Crippen LogP contribution in [-0.4, -0.2) is 79.5 Å². The number of hydrogen-bond donors (Lipinski definition) is 3. The molecule has 2 aliphatic heterocycles. The lowest BCUT2D eigenvalue weighted by Gasteiger charge is -2.35. The molecule has 4 heterocycles. The van der Waals surface area contributed by atoms with Crippen LogP contribution in [0.3, 0.4) is 0 Å². The van der Waals surface area contributed by atoms with Crippen molar-refractivity contribution in [2.45, 2.75) is 90.6 Å². The summed E-state index contributed by atoms with van der Waals surface area (Å²) in [6.07, 6.45) is 4.02. The lowest BCUT2D eigenvalue weighted by atomic mass is 9.93. The fourth-order valence-corrected chi connectivity index (χ4v) is 7.13. The number of amides is 6. The molecule has 0 aliphatic carbocycles. The minimum absolute atomic E-state index is 0.0265. The van der Waals surface area contributed by atoms with Gasteiger partial charge in [-0.05, 0) is 74.2 Å². The van der Waals surface area contributed by atoms with E-state index in [1.807, 2.05) is 62.6 Å². The molecule has 1 atom stereocenters. The number of nitrogens with one attached hydrogen (secondary N) is 3. The number of carbonyl (C=O) groups excluding carboxylic acids is 6.